The minimum Gasteiger partial charge on any atom is -0.390 e. The van der Waals surface area contributed by atoms with Crippen molar-refractivity contribution in [1.82, 2.24) is 0 Å². The maximum Gasteiger partial charge on any atom is 0.184 e. The van der Waals surface area contributed by atoms with Crippen molar-refractivity contribution in [2.45, 2.75) is 43.2 Å². The van der Waals surface area contributed by atoms with Crippen LogP contribution in [0, 0.1) is 0 Å². The molecule has 5 N–H and O–H groups in total. The van der Waals surface area contributed by atoms with Gasteiger partial charge in [0.25, 0.3) is 0 Å². The molecule has 7 heteroatoms. The molecular formula is C8H14O7. The Hall–Kier alpha value is -0.570. The van der Waals surface area contributed by atoms with E-state index in [1.165, 1.54) is 0 Å². The molecule has 0 aromatic heterocycles. The smallest absolute Gasteiger partial charge is 0.184 e. The largest absolute Gasteiger partial charge is 0.390 e. The van der Waals surface area contributed by atoms with Crippen LogP contribution in [0.25, 0.3) is 0 Å². The highest BCUT2D eigenvalue weighted by Gasteiger charge is 2.45. The fourth-order valence-electron chi connectivity index (χ4n) is 1.44. The molecule has 1 heterocycles. The third kappa shape index (κ3) is 2.51. The van der Waals surface area contributed by atoms with Crippen molar-refractivity contribution in [3.05, 3.63) is 0 Å². The molecular weight excluding hydrogens is 208 g/mol. The summed E-state index contributed by atoms with van der Waals surface area (Å²) in [5, 5.41) is 46.2. The number of hydrogen-bond acceptors (Lipinski definition) is 7. The van der Waals surface area contributed by atoms with Gasteiger partial charge in [-0.15, -0.1) is 0 Å². The molecule has 0 amide bonds. The lowest BCUT2D eigenvalue weighted by molar-refractivity contribution is -0.296. The van der Waals surface area contributed by atoms with Gasteiger partial charge in [0.15, 0.2) is 6.29 Å². The van der Waals surface area contributed by atoms with Gasteiger partial charge in [0.2, 0.25) is 0 Å². The summed E-state index contributed by atoms with van der Waals surface area (Å²) in [5.74, 6) is 0. The fourth-order valence-corrected chi connectivity index (χ4v) is 1.44. The van der Waals surface area contributed by atoms with Gasteiger partial charge in [-0.3, -0.25) is 0 Å². The summed E-state index contributed by atoms with van der Waals surface area (Å²) in [6, 6.07) is 0. The SMILES string of the molecule is O=CCC(O)[C@H]1OC(O)[C@@H](O)[C@@H](O)[C@@H]1O. The van der Waals surface area contributed by atoms with Crippen LogP contribution >= 0.6 is 0 Å². The van der Waals surface area contributed by atoms with Gasteiger partial charge in [-0.05, 0) is 0 Å². The molecule has 1 aliphatic heterocycles. The molecule has 0 radical (unpaired) electrons. The molecule has 0 spiro atoms. The molecule has 0 aromatic rings. The van der Waals surface area contributed by atoms with Crippen LogP contribution in [-0.4, -0.2) is 68.6 Å². The summed E-state index contributed by atoms with van der Waals surface area (Å²) in [5.41, 5.74) is 0. The summed E-state index contributed by atoms with van der Waals surface area (Å²) < 4.78 is 4.68. The maximum absolute atomic E-state index is 10.1. The Morgan fingerprint density at radius 1 is 1.13 bits per heavy atom. The number of rotatable bonds is 3. The standard InChI is InChI=1S/C8H14O7/c9-2-1-3(10)7-5(12)4(11)6(13)8(14)15-7/h2-8,10-14H,1H2/t3?,4-,5-,6-,7+,8?/m0/s1. The topological polar surface area (TPSA) is 127 Å². The van der Waals surface area contributed by atoms with Crippen molar-refractivity contribution in [1.29, 1.82) is 0 Å². The van der Waals surface area contributed by atoms with Gasteiger partial charge in [-0.2, -0.15) is 0 Å². The summed E-state index contributed by atoms with van der Waals surface area (Å²) >= 11 is 0. The first-order valence-electron chi connectivity index (χ1n) is 4.48. The Morgan fingerprint density at radius 3 is 2.27 bits per heavy atom. The lowest BCUT2D eigenvalue weighted by Gasteiger charge is -2.39. The third-order valence-electron chi connectivity index (χ3n) is 2.34. The van der Waals surface area contributed by atoms with E-state index in [0.717, 1.165) is 0 Å². The van der Waals surface area contributed by atoms with Gasteiger partial charge in [0.05, 0.1) is 6.10 Å². The number of carbonyl (C=O) groups excluding carboxylic acids is 1. The summed E-state index contributed by atoms with van der Waals surface area (Å²) in [7, 11) is 0. The zero-order valence-electron chi connectivity index (χ0n) is 7.80. The van der Waals surface area contributed by atoms with Crippen molar-refractivity contribution < 1.29 is 35.1 Å². The maximum atomic E-state index is 10.1. The second kappa shape index (κ2) is 4.97. The van der Waals surface area contributed by atoms with Crippen LogP contribution in [-0.2, 0) is 9.53 Å². The van der Waals surface area contributed by atoms with Crippen LogP contribution in [0.2, 0.25) is 0 Å². The lowest BCUT2D eigenvalue weighted by Crippen LogP contribution is -2.60. The van der Waals surface area contributed by atoms with Crippen LogP contribution in [0.5, 0.6) is 0 Å². The van der Waals surface area contributed by atoms with E-state index < -0.39 is 36.8 Å². The van der Waals surface area contributed by atoms with E-state index in [1.807, 2.05) is 0 Å². The number of aliphatic hydroxyl groups excluding tert-OH is 5. The number of aldehydes is 1. The van der Waals surface area contributed by atoms with Crippen molar-refractivity contribution in [2.75, 3.05) is 0 Å². The van der Waals surface area contributed by atoms with E-state index in [4.69, 9.17) is 10.2 Å². The molecule has 0 aliphatic carbocycles. The molecule has 2 unspecified atom stereocenters. The van der Waals surface area contributed by atoms with Gasteiger partial charge in [0.1, 0.15) is 30.7 Å². The van der Waals surface area contributed by atoms with E-state index in [2.05, 4.69) is 4.74 Å². The number of aliphatic hydroxyl groups is 5. The third-order valence-corrected chi connectivity index (χ3v) is 2.34. The van der Waals surface area contributed by atoms with Crippen molar-refractivity contribution in [3.8, 4) is 0 Å². The van der Waals surface area contributed by atoms with Crippen LogP contribution in [0.4, 0.5) is 0 Å². The second-order valence-corrected chi connectivity index (χ2v) is 3.43. The molecule has 7 nitrogen and oxygen atoms in total. The quantitative estimate of drug-likeness (QED) is 0.317. The summed E-state index contributed by atoms with van der Waals surface area (Å²) in [4.78, 5) is 10.1. The first-order chi connectivity index (χ1) is 6.99. The predicted octanol–water partition coefficient (Wildman–Crippen LogP) is -3.26. The summed E-state index contributed by atoms with van der Waals surface area (Å²) in [6.07, 6.45) is -9.03. The molecule has 88 valence electrons. The summed E-state index contributed by atoms with van der Waals surface area (Å²) in [6.45, 7) is 0. The zero-order valence-corrected chi connectivity index (χ0v) is 7.80. The molecule has 0 saturated carbocycles. The molecule has 1 rings (SSSR count). The molecule has 1 fully saturated rings. The Bertz CT molecular complexity index is 221. The minimum atomic E-state index is -1.70. The van der Waals surface area contributed by atoms with E-state index in [9.17, 15) is 20.1 Å². The molecule has 15 heavy (non-hydrogen) atoms. The minimum absolute atomic E-state index is 0.294. The monoisotopic (exact) mass is 222 g/mol. The Kier molecular flexibility index (Phi) is 4.14. The van der Waals surface area contributed by atoms with Gasteiger partial charge in [-0.1, -0.05) is 0 Å². The predicted molar refractivity (Wildman–Crippen MR) is 45.6 cm³/mol. The van der Waals surface area contributed by atoms with Gasteiger partial charge in [-0.25, -0.2) is 0 Å². The molecule has 0 aromatic carbocycles. The van der Waals surface area contributed by atoms with Crippen LogP contribution in [0.15, 0.2) is 0 Å². The molecule has 0 bridgehead atoms. The van der Waals surface area contributed by atoms with E-state index in [1.54, 1.807) is 0 Å². The lowest BCUT2D eigenvalue weighted by atomic mass is 9.94. The number of carbonyl (C=O) groups is 1. The fraction of sp³-hybridized carbons (Fsp3) is 0.875. The molecule has 1 saturated heterocycles. The van der Waals surface area contributed by atoms with Gasteiger partial charge >= 0.3 is 0 Å². The highest BCUT2D eigenvalue weighted by Crippen LogP contribution is 2.22. The normalized spacial score (nSPS) is 43.7. The molecule has 1 aliphatic rings. The van der Waals surface area contributed by atoms with E-state index in [0.29, 0.717) is 6.29 Å². The first-order valence-corrected chi connectivity index (χ1v) is 4.48. The van der Waals surface area contributed by atoms with Crippen molar-refractivity contribution in [3.63, 3.8) is 0 Å². The first kappa shape index (κ1) is 12.5. The van der Waals surface area contributed by atoms with Crippen LogP contribution in [0.3, 0.4) is 0 Å². The van der Waals surface area contributed by atoms with E-state index in [-0.39, 0.29) is 6.42 Å². The highest BCUT2D eigenvalue weighted by atomic mass is 16.6. The Labute approximate surface area is 85.5 Å². The van der Waals surface area contributed by atoms with Crippen LogP contribution in [0.1, 0.15) is 6.42 Å². The Morgan fingerprint density at radius 2 is 1.73 bits per heavy atom. The highest BCUT2D eigenvalue weighted by molar-refractivity contribution is 5.50. The number of ether oxygens (including phenoxy) is 1. The van der Waals surface area contributed by atoms with Crippen molar-refractivity contribution in [2.24, 2.45) is 0 Å². The van der Waals surface area contributed by atoms with Gasteiger partial charge < -0.3 is 35.1 Å². The second-order valence-electron chi connectivity index (χ2n) is 3.43. The van der Waals surface area contributed by atoms with Crippen molar-refractivity contribution >= 4 is 6.29 Å². The van der Waals surface area contributed by atoms with Crippen LogP contribution < -0.4 is 0 Å². The van der Waals surface area contributed by atoms with E-state index >= 15 is 0 Å². The zero-order chi connectivity index (χ0) is 11.6. The van der Waals surface area contributed by atoms with Gasteiger partial charge in [0, 0.05) is 6.42 Å². The molecule has 6 atom stereocenters. The average molecular weight is 222 g/mol. The Balaban J connectivity index is 2.69. The number of hydrogen-bond donors (Lipinski definition) is 5. The average Bonchev–Trinajstić information content (AvgIpc) is 2.20.